The molecule has 4 aromatic heterocycles. The Bertz CT molecular complexity index is 3580. The lowest BCUT2D eigenvalue weighted by atomic mass is 9.85. The number of hydrogen-bond donors (Lipinski definition) is 2. The second kappa shape index (κ2) is 20.0. The van der Waals surface area contributed by atoms with Crippen LogP contribution in [0.4, 0.5) is 8.78 Å². The molecule has 412 valence electrons. The number of nitrogens with zero attached hydrogens (tertiary/aromatic N) is 2. The lowest BCUT2D eigenvalue weighted by Gasteiger charge is -2.38. The molecule has 0 spiro atoms. The topological polar surface area (TPSA) is 68.8 Å². The van der Waals surface area contributed by atoms with Crippen molar-refractivity contribution in [1.82, 2.24) is 9.13 Å². The Morgan fingerprint density at radius 3 is 1.00 bits per heavy atom. The minimum atomic E-state index is -2.65. The molecule has 2 N–H and O–H groups in total. The first-order valence-electron chi connectivity index (χ1n) is 27.6. The standard InChI is InChI=1S/C68H76F2N2O4S2Si/c1-39(2)79(40(3)4,37-75-59-27-21-45(69)33-51(59)63-61(73)57(35-77-63)71-53-23-17-41(65(5,6)7)29-47(53)48-30-42(66(8,9)10)18-24-54(48)71)38-76-60-28-22-46(70)34-52(60)64-62(74)58(36-78-64)72-55-25-19-43(67(11,12)13)31-49(55)50-32-44(68(14,15)16)20-26-56(50)72/h17-36,39-40,73-74H,37-38H2,1-16H3. The van der Waals surface area contributed by atoms with Crippen LogP contribution in [-0.2, 0) is 21.7 Å². The van der Waals surface area contributed by atoms with Crippen LogP contribution in [0.25, 0.3) is 75.9 Å². The van der Waals surface area contributed by atoms with E-state index in [-0.39, 0.29) is 44.2 Å². The molecule has 10 rings (SSSR count). The van der Waals surface area contributed by atoms with E-state index in [4.69, 9.17) is 9.47 Å². The molecule has 0 fully saturated rings. The Morgan fingerprint density at radius 1 is 0.443 bits per heavy atom. The van der Waals surface area contributed by atoms with Gasteiger partial charge in [0.2, 0.25) is 0 Å². The van der Waals surface area contributed by atoms with E-state index in [2.05, 4.69) is 193 Å². The van der Waals surface area contributed by atoms with Crippen molar-refractivity contribution < 1.29 is 28.5 Å². The van der Waals surface area contributed by atoms with Gasteiger partial charge >= 0.3 is 0 Å². The van der Waals surface area contributed by atoms with Crippen LogP contribution in [-0.4, -0.2) is 39.9 Å². The fraction of sp³-hybridized carbons (Fsp3) is 0.353. The number of benzene rings is 6. The van der Waals surface area contributed by atoms with Crippen LogP contribution in [0.3, 0.4) is 0 Å². The molecule has 0 aliphatic heterocycles. The molecular weight excluding hydrogens is 1040 g/mol. The van der Waals surface area contributed by atoms with Crippen molar-refractivity contribution in [2.45, 2.75) is 144 Å². The minimum absolute atomic E-state index is 0.0462. The average molecular weight is 1120 g/mol. The summed E-state index contributed by atoms with van der Waals surface area (Å²) in [6.45, 7) is 35.4. The largest absolute Gasteiger partial charge is 0.504 e. The molecule has 0 atom stereocenters. The van der Waals surface area contributed by atoms with Gasteiger partial charge in [0.15, 0.2) is 11.5 Å². The first kappa shape index (κ1) is 55.9. The van der Waals surface area contributed by atoms with Crippen LogP contribution < -0.4 is 9.47 Å². The van der Waals surface area contributed by atoms with Crippen molar-refractivity contribution in [3.63, 3.8) is 0 Å². The molecular formula is C68H76F2N2O4S2Si. The maximum atomic E-state index is 15.5. The number of ether oxygens (including phenoxy) is 2. The van der Waals surface area contributed by atoms with Crippen molar-refractivity contribution in [3.8, 4) is 55.3 Å². The predicted molar refractivity (Wildman–Crippen MR) is 333 cm³/mol. The maximum Gasteiger partial charge on any atom is 0.158 e. The van der Waals surface area contributed by atoms with Crippen LogP contribution in [0.2, 0.25) is 11.1 Å². The maximum absolute atomic E-state index is 15.5. The van der Waals surface area contributed by atoms with Gasteiger partial charge in [-0.15, -0.1) is 22.7 Å². The van der Waals surface area contributed by atoms with E-state index in [0.717, 1.165) is 43.6 Å². The molecule has 4 heterocycles. The summed E-state index contributed by atoms with van der Waals surface area (Å²) in [5, 5.41) is 33.1. The van der Waals surface area contributed by atoms with E-state index in [1.165, 1.54) is 69.2 Å². The van der Waals surface area contributed by atoms with E-state index in [9.17, 15) is 10.2 Å². The highest BCUT2D eigenvalue weighted by molar-refractivity contribution is 7.14. The molecule has 0 saturated carbocycles. The number of aromatic hydroxyl groups is 2. The SMILES string of the molecule is CC(C)[Si](COc1ccc(F)cc1-c1scc(-n2c3ccc(C(C)(C)C)cc3c3cc(C(C)(C)C)ccc32)c1O)(COc1ccc(F)cc1-c1scc(-n2c3ccc(C(C)(C)C)cc3c3cc(C(C)(C)C)ccc32)c1O)C(C)C. The number of halogens is 2. The lowest BCUT2D eigenvalue weighted by Crippen LogP contribution is -2.53. The Hall–Kier alpha value is -6.40. The summed E-state index contributed by atoms with van der Waals surface area (Å²) in [5.74, 6) is 0.133. The van der Waals surface area contributed by atoms with E-state index in [1.807, 2.05) is 10.8 Å². The van der Waals surface area contributed by atoms with E-state index in [0.29, 0.717) is 56.2 Å². The summed E-state index contributed by atoms with van der Waals surface area (Å²) < 4.78 is 49.2. The van der Waals surface area contributed by atoms with Gasteiger partial charge in [0.1, 0.15) is 31.2 Å². The zero-order valence-corrected chi connectivity index (χ0v) is 51.4. The first-order chi connectivity index (χ1) is 37.0. The van der Waals surface area contributed by atoms with Crippen LogP contribution >= 0.6 is 22.7 Å². The number of rotatable bonds is 12. The normalized spacial score (nSPS) is 13.1. The van der Waals surface area contributed by atoms with Gasteiger partial charge in [0.05, 0.1) is 55.7 Å². The van der Waals surface area contributed by atoms with Gasteiger partial charge in [-0.2, -0.15) is 0 Å². The van der Waals surface area contributed by atoms with Gasteiger partial charge in [-0.05, 0) is 140 Å². The van der Waals surface area contributed by atoms with Crippen molar-refractivity contribution in [3.05, 3.63) is 154 Å². The Kier molecular flexibility index (Phi) is 14.1. The summed E-state index contributed by atoms with van der Waals surface area (Å²) in [6.07, 6.45) is 0.650. The molecule has 79 heavy (non-hydrogen) atoms. The molecule has 0 aliphatic rings. The fourth-order valence-corrected chi connectivity index (χ4v) is 16.7. The molecule has 0 bridgehead atoms. The third kappa shape index (κ3) is 10.1. The summed E-state index contributed by atoms with van der Waals surface area (Å²) >= 11 is 2.72. The number of fused-ring (bicyclic) bond motifs is 6. The molecule has 0 aliphatic carbocycles. The van der Waals surface area contributed by atoms with Crippen LogP contribution in [0, 0.1) is 11.6 Å². The van der Waals surface area contributed by atoms with E-state index in [1.54, 1.807) is 12.1 Å². The molecule has 6 aromatic carbocycles. The van der Waals surface area contributed by atoms with Gasteiger partial charge in [-0.1, -0.05) is 135 Å². The molecule has 10 aromatic rings. The van der Waals surface area contributed by atoms with Crippen molar-refractivity contribution in [2.75, 3.05) is 12.5 Å². The summed E-state index contributed by atoms with van der Waals surface area (Å²) in [6, 6.07) is 35.4. The van der Waals surface area contributed by atoms with Gasteiger partial charge in [-0.25, -0.2) is 8.78 Å². The summed E-state index contributed by atoms with van der Waals surface area (Å²) in [5.41, 5.74) is 11.0. The van der Waals surface area contributed by atoms with Crippen LogP contribution in [0.5, 0.6) is 23.0 Å². The highest BCUT2D eigenvalue weighted by Crippen LogP contribution is 2.50. The third-order valence-electron chi connectivity index (χ3n) is 16.6. The van der Waals surface area contributed by atoms with Crippen LogP contribution in [0.1, 0.15) is 133 Å². The van der Waals surface area contributed by atoms with E-state index < -0.39 is 19.7 Å². The van der Waals surface area contributed by atoms with Gasteiger partial charge < -0.3 is 28.8 Å². The second-order valence-corrected chi connectivity index (χ2v) is 33.7. The zero-order chi connectivity index (χ0) is 57.1. The minimum Gasteiger partial charge on any atom is -0.504 e. The predicted octanol–water partition coefficient (Wildman–Crippen LogP) is 20.0. The highest BCUT2D eigenvalue weighted by atomic mass is 32.1. The molecule has 0 unspecified atom stereocenters. The molecule has 0 saturated heterocycles. The van der Waals surface area contributed by atoms with Gasteiger partial charge in [-0.3, -0.25) is 0 Å². The Morgan fingerprint density at radius 2 is 0.734 bits per heavy atom. The lowest BCUT2D eigenvalue weighted by molar-refractivity contribution is 0.334. The Labute approximate surface area is 474 Å². The molecule has 11 heteroatoms. The fourth-order valence-electron chi connectivity index (χ4n) is 11.2. The smallest absolute Gasteiger partial charge is 0.158 e. The average Bonchev–Trinajstić information content (AvgIpc) is 4.34. The van der Waals surface area contributed by atoms with E-state index >= 15 is 8.78 Å². The van der Waals surface area contributed by atoms with Crippen molar-refractivity contribution in [1.29, 1.82) is 0 Å². The quantitative estimate of drug-likeness (QED) is 0.120. The summed E-state index contributed by atoms with van der Waals surface area (Å²) in [7, 11) is -2.65. The first-order valence-corrected chi connectivity index (χ1v) is 32.0. The van der Waals surface area contributed by atoms with Gasteiger partial charge in [0.25, 0.3) is 0 Å². The number of thiophene rings is 2. The molecule has 6 nitrogen and oxygen atoms in total. The number of hydrogen-bond acceptors (Lipinski definition) is 6. The second-order valence-electron chi connectivity index (χ2n) is 26.6. The summed E-state index contributed by atoms with van der Waals surface area (Å²) in [4.78, 5) is 1.01. The zero-order valence-electron chi connectivity index (χ0n) is 48.8. The Balaban J connectivity index is 0.986. The van der Waals surface area contributed by atoms with Gasteiger partial charge in [0, 0.05) is 43.4 Å². The molecule has 0 radical (unpaired) electrons. The molecule has 0 amide bonds. The highest BCUT2D eigenvalue weighted by Gasteiger charge is 2.43. The third-order valence-corrected chi connectivity index (χ3v) is 24.6. The number of aromatic nitrogens is 2. The van der Waals surface area contributed by atoms with Crippen molar-refractivity contribution in [2.24, 2.45) is 0 Å². The van der Waals surface area contributed by atoms with Crippen LogP contribution in [0.15, 0.2) is 120 Å². The monoisotopic (exact) mass is 1110 g/mol. The van der Waals surface area contributed by atoms with Crippen molar-refractivity contribution >= 4 is 74.4 Å².